The molecule has 32 heavy (non-hydrogen) atoms. The third kappa shape index (κ3) is 4.33. The van der Waals surface area contributed by atoms with Gasteiger partial charge in [-0.2, -0.15) is 13.2 Å². The number of methoxy groups -OCH3 is 1. The molecule has 0 spiro atoms. The Balaban J connectivity index is 1.61. The van der Waals surface area contributed by atoms with Crippen LogP contribution in [-0.4, -0.2) is 40.0 Å². The molecule has 0 saturated heterocycles. The van der Waals surface area contributed by atoms with E-state index in [2.05, 4.69) is 15.3 Å². The van der Waals surface area contributed by atoms with Crippen LogP contribution in [0.25, 0.3) is 0 Å². The first-order chi connectivity index (χ1) is 15.0. The summed E-state index contributed by atoms with van der Waals surface area (Å²) in [7, 11) is 1.53. The van der Waals surface area contributed by atoms with Gasteiger partial charge in [0.05, 0.1) is 23.8 Å². The highest BCUT2D eigenvalue weighted by atomic mass is 35.5. The maximum absolute atomic E-state index is 13.2. The second kappa shape index (κ2) is 8.08. The number of rotatable bonds is 5. The van der Waals surface area contributed by atoms with Crippen molar-refractivity contribution in [3.8, 4) is 0 Å². The van der Waals surface area contributed by atoms with Gasteiger partial charge in [0.25, 0.3) is 5.91 Å². The molecule has 2 aliphatic rings. The number of nitrogens with zero attached hydrogens (tertiary/aromatic N) is 3. The number of aromatic nitrogens is 2. The third-order valence-corrected chi connectivity index (χ3v) is 6.13. The zero-order chi connectivity index (χ0) is 23.3. The Bertz CT molecular complexity index is 1060. The fraction of sp³-hybridized carbons (Fsp3) is 0.476. The number of benzene rings is 1. The lowest BCUT2D eigenvalue weighted by molar-refractivity contribution is -0.145. The third-order valence-electron chi connectivity index (χ3n) is 5.96. The van der Waals surface area contributed by atoms with Crippen LogP contribution in [0.5, 0.6) is 0 Å². The molecule has 1 aromatic heterocycles. The van der Waals surface area contributed by atoms with Crippen LogP contribution in [-0.2, 0) is 28.7 Å². The molecule has 1 atom stereocenters. The Morgan fingerprint density at radius 1 is 1.31 bits per heavy atom. The summed E-state index contributed by atoms with van der Waals surface area (Å²) in [6.45, 7) is 2.44. The molecule has 1 amide bonds. The highest BCUT2D eigenvalue weighted by molar-refractivity contribution is 6.28. The summed E-state index contributed by atoms with van der Waals surface area (Å²) in [6.07, 6.45) is -2.66. The van der Waals surface area contributed by atoms with Crippen molar-refractivity contribution in [2.75, 3.05) is 24.7 Å². The SMILES string of the molecule is COC1(C(=O)N2CCc3nc(Cl)nc(N[C@H](C)c4cc(N)cc(C(F)(F)F)c4)c3C2)CC1. The van der Waals surface area contributed by atoms with Crippen LogP contribution in [0.3, 0.4) is 0 Å². The lowest BCUT2D eigenvalue weighted by Gasteiger charge is -2.32. The number of halogens is 4. The Kier molecular flexibility index (Phi) is 5.70. The number of hydrogen-bond acceptors (Lipinski definition) is 6. The van der Waals surface area contributed by atoms with E-state index in [1.165, 1.54) is 13.2 Å². The van der Waals surface area contributed by atoms with Gasteiger partial charge in [0.1, 0.15) is 11.4 Å². The minimum Gasteiger partial charge on any atom is -0.399 e. The number of nitrogens with one attached hydrogen (secondary N) is 1. The number of amides is 1. The van der Waals surface area contributed by atoms with Crippen molar-refractivity contribution in [3.63, 3.8) is 0 Å². The molecular formula is C21H23ClF3N5O2. The number of carbonyl (C=O) groups excluding carboxylic acids is 1. The minimum atomic E-state index is -4.51. The molecule has 1 aliphatic heterocycles. The molecule has 7 nitrogen and oxygen atoms in total. The lowest BCUT2D eigenvalue weighted by atomic mass is 10.0. The van der Waals surface area contributed by atoms with Crippen molar-refractivity contribution in [3.05, 3.63) is 45.9 Å². The minimum absolute atomic E-state index is 0.0114. The van der Waals surface area contributed by atoms with E-state index < -0.39 is 23.4 Å². The lowest BCUT2D eigenvalue weighted by Crippen LogP contribution is -2.44. The van der Waals surface area contributed by atoms with Gasteiger partial charge in [0, 0.05) is 31.3 Å². The van der Waals surface area contributed by atoms with Crippen LogP contribution in [0.1, 0.15) is 48.2 Å². The Labute approximate surface area is 188 Å². The Morgan fingerprint density at radius 2 is 2.03 bits per heavy atom. The van der Waals surface area contributed by atoms with Crippen molar-refractivity contribution < 1.29 is 22.7 Å². The topological polar surface area (TPSA) is 93.4 Å². The van der Waals surface area contributed by atoms with Gasteiger partial charge >= 0.3 is 6.18 Å². The average Bonchev–Trinajstić information content (AvgIpc) is 3.53. The number of hydrogen-bond donors (Lipinski definition) is 2. The number of nitrogens with two attached hydrogens (primary N) is 1. The van der Waals surface area contributed by atoms with Crippen LogP contribution in [0, 0.1) is 0 Å². The van der Waals surface area contributed by atoms with Crippen LogP contribution >= 0.6 is 11.6 Å². The van der Waals surface area contributed by atoms with Gasteiger partial charge in [0.15, 0.2) is 0 Å². The summed E-state index contributed by atoms with van der Waals surface area (Å²) in [5.41, 5.74) is 5.88. The van der Waals surface area contributed by atoms with Crippen molar-refractivity contribution in [1.29, 1.82) is 0 Å². The molecule has 1 aliphatic carbocycles. The van der Waals surface area contributed by atoms with E-state index in [0.717, 1.165) is 12.1 Å². The molecule has 0 unspecified atom stereocenters. The van der Waals surface area contributed by atoms with E-state index in [1.807, 2.05) is 0 Å². The maximum Gasteiger partial charge on any atom is 0.416 e. The van der Waals surface area contributed by atoms with Gasteiger partial charge < -0.3 is 20.7 Å². The fourth-order valence-electron chi connectivity index (χ4n) is 3.96. The normalized spacial score (nSPS) is 18.1. The van der Waals surface area contributed by atoms with Crippen LogP contribution in [0.2, 0.25) is 5.28 Å². The second-order valence-corrected chi connectivity index (χ2v) is 8.53. The number of fused-ring (bicyclic) bond motifs is 1. The molecule has 0 bridgehead atoms. The van der Waals surface area contributed by atoms with Gasteiger partial charge in [-0.3, -0.25) is 4.79 Å². The number of anilines is 2. The number of carbonyl (C=O) groups is 1. The highest BCUT2D eigenvalue weighted by Crippen LogP contribution is 2.42. The summed E-state index contributed by atoms with van der Waals surface area (Å²) >= 11 is 6.09. The predicted molar refractivity (Wildman–Crippen MR) is 113 cm³/mol. The van der Waals surface area contributed by atoms with Crippen molar-refractivity contribution in [2.45, 2.75) is 50.6 Å². The second-order valence-electron chi connectivity index (χ2n) is 8.19. The van der Waals surface area contributed by atoms with Crippen LogP contribution < -0.4 is 11.1 Å². The molecule has 2 aromatic rings. The first-order valence-electron chi connectivity index (χ1n) is 10.2. The van der Waals surface area contributed by atoms with Crippen LogP contribution in [0.15, 0.2) is 18.2 Å². The monoisotopic (exact) mass is 469 g/mol. The molecule has 1 saturated carbocycles. The van der Waals surface area contributed by atoms with Gasteiger partial charge in [0.2, 0.25) is 5.28 Å². The summed E-state index contributed by atoms with van der Waals surface area (Å²) in [5.74, 6) is 0.300. The van der Waals surface area contributed by atoms with Crippen molar-refractivity contribution in [1.82, 2.24) is 14.9 Å². The molecule has 4 rings (SSSR count). The summed E-state index contributed by atoms with van der Waals surface area (Å²) < 4.78 is 45.0. The first kappa shape index (κ1) is 22.6. The van der Waals surface area contributed by atoms with Crippen molar-refractivity contribution >= 4 is 29.0 Å². The standard InChI is InChI=1S/C21H23ClF3N5O2/c1-11(12-7-13(21(23,24)25)9-14(26)8-12)27-17-15-10-30(18(31)20(32-2)4-5-20)6-3-16(15)28-19(22)29-17/h7-9,11H,3-6,10,26H2,1-2H3,(H,27,28,29)/t11-/m1/s1. The van der Waals surface area contributed by atoms with Crippen molar-refractivity contribution in [2.24, 2.45) is 0 Å². The highest BCUT2D eigenvalue weighted by Gasteiger charge is 2.52. The van der Waals surface area contributed by atoms with Gasteiger partial charge in [-0.15, -0.1) is 0 Å². The Morgan fingerprint density at radius 3 is 2.66 bits per heavy atom. The van der Waals surface area contributed by atoms with E-state index in [-0.39, 0.29) is 23.4 Å². The molecule has 3 N–H and O–H groups in total. The number of nitrogen functional groups attached to an aromatic ring is 1. The molecule has 172 valence electrons. The molecule has 1 aromatic carbocycles. The summed E-state index contributed by atoms with van der Waals surface area (Å²) in [6, 6.07) is 2.86. The summed E-state index contributed by atoms with van der Waals surface area (Å²) in [5, 5.41) is 3.16. The molecule has 2 heterocycles. The van der Waals surface area contributed by atoms with E-state index >= 15 is 0 Å². The number of ether oxygens (including phenoxy) is 1. The largest absolute Gasteiger partial charge is 0.416 e. The van der Waals surface area contributed by atoms with E-state index in [0.29, 0.717) is 48.4 Å². The quantitative estimate of drug-likeness (QED) is 0.508. The molecule has 0 radical (unpaired) electrons. The molecule has 11 heteroatoms. The Hall–Kier alpha value is -2.59. The van der Waals surface area contributed by atoms with E-state index in [9.17, 15) is 18.0 Å². The molecular weight excluding hydrogens is 447 g/mol. The van der Waals surface area contributed by atoms with Gasteiger partial charge in [-0.25, -0.2) is 9.97 Å². The fourth-order valence-corrected chi connectivity index (χ4v) is 4.15. The first-order valence-corrected chi connectivity index (χ1v) is 10.5. The smallest absolute Gasteiger partial charge is 0.399 e. The van der Waals surface area contributed by atoms with E-state index in [1.54, 1.807) is 11.8 Å². The maximum atomic E-state index is 13.2. The zero-order valence-electron chi connectivity index (χ0n) is 17.6. The van der Waals surface area contributed by atoms with E-state index in [4.69, 9.17) is 22.1 Å². The van der Waals surface area contributed by atoms with Crippen LogP contribution in [0.4, 0.5) is 24.7 Å². The predicted octanol–water partition coefficient (Wildman–Crippen LogP) is 3.97. The van der Waals surface area contributed by atoms with Gasteiger partial charge in [-0.1, -0.05) is 0 Å². The molecule has 1 fully saturated rings. The number of alkyl halides is 3. The zero-order valence-corrected chi connectivity index (χ0v) is 18.3. The van der Waals surface area contributed by atoms with Gasteiger partial charge in [-0.05, 0) is 55.1 Å². The summed E-state index contributed by atoms with van der Waals surface area (Å²) in [4.78, 5) is 23.2. The average molecular weight is 470 g/mol.